The highest BCUT2D eigenvalue weighted by Crippen LogP contribution is 2.15. The summed E-state index contributed by atoms with van der Waals surface area (Å²) in [4.78, 5) is 0. The highest BCUT2D eigenvalue weighted by molar-refractivity contribution is 5.50. The van der Waals surface area contributed by atoms with Crippen molar-refractivity contribution >= 4 is 5.69 Å². The van der Waals surface area contributed by atoms with E-state index < -0.39 is 0 Å². The third-order valence-corrected chi connectivity index (χ3v) is 2.41. The molecule has 1 N–H and O–H groups in total. The minimum Gasteiger partial charge on any atom is -0.385 e. The first kappa shape index (κ1) is 12.1. The van der Waals surface area contributed by atoms with Gasteiger partial charge in [0, 0.05) is 24.9 Å². The van der Waals surface area contributed by atoms with Gasteiger partial charge in [-0.1, -0.05) is 38.0 Å². The lowest BCUT2D eigenvalue weighted by Gasteiger charge is -2.10. The number of anilines is 1. The summed E-state index contributed by atoms with van der Waals surface area (Å²) in [7, 11) is 1.73. The number of methoxy groups -OCH3 is 1. The van der Waals surface area contributed by atoms with Crippen molar-refractivity contribution < 1.29 is 4.74 Å². The molecule has 1 aromatic rings. The van der Waals surface area contributed by atoms with Gasteiger partial charge in [0.2, 0.25) is 0 Å². The second-order valence-electron chi connectivity index (χ2n) is 3.72. The molecular weight excluding hydrogens is 186 g/mol. The van der Waals surface area contributed by atoms with Crippen molar-refractivity contribution in [3.63, 3.8) is 0 Å². The summed E-state index contributed by atoms with van der Waals surface area (Å²) >= 11 is 0. The van der Waals surface area contributed by atoms with Crippen LogP contribution in [0.1, 0.15) is 31.7 Å². The van der Waals surface area contributed by atoms with Gasteiger partial charge in [0.05, 0.1) is 6.61 Å². The molecule has 0 saturated heterocycles. The van der Waals surface area contributed by atoms with E-state index in [0.717, 1.165) is 6.54 Å². The van der Waals surface area contributed by atoms with Crippen molar-refractivity contribution in [2.75, 3.05) is 19.0 Å². The van der Waals surface area contributed by atoms with Gasteiger partial charge in [-0.3, -0.25) is 0 Å². The second-order valence-corrected chi connectivity index (χ2v) is 3.72. The number of hydrogen-bond acceptors (Lipinski definition) is 2. The van der Waals surface area contributed by atoms with Crippen LogP contribution in [0.3, 0.4) is 0 Å². The fourth-order valence-electron chi connectivity index (χ4n) is 1.57. The zero-order valence-electron chi connectivity index (χ0n) is 9.75. The van der Waals surface area contributed by atoms with Crippen LogP contribution in [-0.4, -0.2) is 13.7 Å². The molecule has 0 aliphatic carbocycles. The topological polar surface area (TPSA) is 21.3 Å². The standard InChI is InChI=1S/C13H21NO/c1-3-4-7-10-14-13-9-6-5-8-12(13)11-15-2/h5-6,8-9,14H,3-4,7,10-11H2,1-2H3. The fraction of sp³-hybridized carbons (Fsp3) is 0.538. The smallest absolute Gasteiger partial charge is 0.0733 e. The van der Waals surface area contributed by atoms with E-state index in [1.807, 2.05) is 6.07 Å². The molecule has 2 nitrogen and oxygen atoms in total. The van der Waals surface area contributed by atoms with Crippen LogP contribution in [0.2, 0.25) is 0 Å². The van der Waals surface area contributed by atoms with Gasteiger partial charge in [-0.15, -0.1) is 0 Å². The Kier molecular flexibility index (Phi) is 5.86. The molecule has 0 saturated carbocycles. The summed E-state index contributed by atoms with van der Waals surface area (Å²) in [6, 6.07) is 8.32. The van der Waals surface area contributed by atoms with Crippen molar-refractivity contribution in [1.82, 2.24) is 0 Å². The molecule has 0 atom stereocenters. The zero-order valence-corrected chi connectivity index (χ0v) is 9.75. The van der Waals surface area contributed by atoms with Crippen LogP contribution in [0.4, 0.5) is 5.69 Å². The van der Waals surface area contributed by atoms with Gasteiger partial charge in [-0.25, -0.2) is 0 Å². The Morgan fingerprint density at radius 1 is 1.20 bits per heavy atom. The number of ether oxygens (including phenoxy) is 1. The number of hydrogen-bond donors (Lipinski definition) is 1. The van der Waals surface area contributed by atoms with Gasteiger partial charge < -0.3 is 10.1 Å². The summed E-state index contributed by atoms with van der Waals surface area (Å²) in [5.41, 5.74) is 2.44. The quantitative estimate of drug-likeness (QED) is 0.692. The van der Waals surface area contributed by atoms with E-state index in [-0.39, 0.29) is 0 Å². The first-order valence-electron chi connectivity index (χ1n) is 5.69. The van der Waals surface area contributed by atoms with Gasteiger partial charge in [0.1, 0.15) is 0 Å². The number of unbranched alkanes of at least 4 members (excludes halogenated alkanes) is 2. The highest BCUT2D eigenvalue weighted by Gasteiger charge is 1.99. The molecule has 0 aromatic heterocycles. The maximum absolute atomic E-state index is 5.16. The normalized spacial score (nSPS) is 10.3. The molecule has 0 radical (unpaired) electrons. The largest absolute Gasteiger partial charge is 0.385 e. The Bertz CT molecular complexity index is 273. The van der Waals surface area contributed by atoms with Crippen molar-refractivity contribution in [3.05, 3.63) is 29.8 Å². The van der Waals surface area contributed by atoms with E-state index in [2.05, 4.69) is 30.4 Å². The second kappa shape index (κ2) is 7.30. The van der Waals surface area contributed by atoms with Crippen molar-refractivity contribution in [2.45, 2.75) is 32.8 Å². The first-order valence-corrected chi connectivity index (χ1v) is 5.69. The molecule has 0 bridgehead atoms. The van der Waals surface area contributed by atoms with Crippen LogP contribution < -0.4 is 5.32 Å². The van der Waals surface area contributed by atoms with Crippen molar-refractivity contribution in [2.24, 2.45) is 0 Å². The van der Waals surface area contributed by atoms with Crippen LogP contribution in [0.15, 0.2) is 24.3 Å². The van der Waals surface area contributed by atoms with E-state index in [1.165, 1.54) is 30.5 Å². The molecule has 1 aromatic carbocycles. The maximum Gasteiger partial charge on any atom is 0.0733 e. The Balaban J connectivity index is 2.44. The van der Waals surface area contributed by atoms with E-state index in [4.69, 9.17) is 4.74 Å². The summed E-state index contributed by atoms with van der Waals surface area (Å²) in [6.45, 7) is 3.95. The summed E-state index contributed by atoms with van der Waals surface area (Å²) in [5.74, 6) is 0. The Morgan fingerprint density at radius 2 is 2.00 bits per heavy atom. The van der Waals surface area contributed by atoms with Crippen LogP contribution in [0, 0.1) is 0 Å². The van der Waals surface area contributed by atoms with Gasteiger partial charge >= 0.3 is 0 Å². The molecular formula is C13H21NO. The minimum absolute atomic E-state index is 0.678. The summed E-state index contributed by atoms with van der Waals surface area (Å²) in [6.07, 6.45) is 3.79. The van der Waals surface area contributed by atoms with E-state index >= 15 is 0 Å². The van der Waals surface area contributed by atoms with Gasteiger partial charge in [0.15, 0.2) is 0 Å². The van der Waals surface area contributed by atoms with Crippen molar-refractivity contribution in [3.8, 4) is 0 Å². The molecule has 15 heavy (non-hydrogen) atoms. The lowest BCUT2D eigenvalue weighted by atomic mass is 10.2. The summed E-state index contributed by atoms with van der Waals surface area (Å²) < 4.78 is 5.16. The van der Waals surface area contributed by atoms with Crippen molar-refractivity contribution in [1.29, 1.82) is 0 Å². The maximum atomic E-state index is 5.16. The molecule has 0 fully saturated rings. The van der Waals surface area contributed by atoms with Gasteiger partial charge in [-0.2, -0.15) is 0 Å². The minimum atomic E-state index is 0.678. The SMILES string of the molecule is CCCCCNc1ccccc1COC. The lowest BCUT2D eigenvalue weighted by molar-refractivity contribution is 0.185. The number of rotatable bonds is 7. The van der Waals surface area contributed by atoms with Gasteiger partial charge in [-0.05, 0) is 12.5 Å². The first-order chi connectivity index (χ1) is 7.38. The lowest BCUT2D eigenvalue weighted by Crippen LogP contribution is -2.04. The van der Waals surface area contributed by atoms with E-state index in [9.17, 15) is 0 Å². The van der Waals surface area contributed by atoms with E-state index in [1.54, 1.807) is 7.11 Å². The molecule has 0 amide bonds. The number of benzene rings is 1. The van der Waals surface area contributed by atoms with Gasteiger partial charge in [0.25, 0.3) is 0 Å². The van der Waals surface area contributed by atoms with E-state index in [0.29, 0.717) is 6.61 Å². The molecule has 1 rings (SSSR count). The molecule has 84 valence electrons. The third kappa shape index (κ3) is 4.34. The molecule has 0 aliphatic rings. The van der Waals surface area contributed by atoms with Crippen LogP contribution in [0.25, 0.3) is 0 Å². The third-order valence-electron chi connectivity index (χ3n) is 2.41. The molecule has 2 heteroatoms. The number of nitrogens with one attached hydrogen (secondary N) is 1. The summed E-state index contributed by atoms with van der Waals surface area (Å²) in [5, 5.41) is 3.45. The monoisotopic (exact) mass is 207 g/mol. The molecule has 0 unspecified atom stereocenters. The predicted octanol–water partition coefficient (Wildman–Crippen LogP) is 3.44. The molecule has 0 aliphatic heterocycles. The highest BCUT2D eigenvalue weighted by atomic mass is 16.5. The van der Waals surface area contributed by atoms with Crippen LogP contribution in [0.5, 0.6) is 0 Å². The Morgan fingerprint density at radius 3 is 2.73 bits per heavy atom. The fourth-order valence-corrected chi connectivity index (χ4v) is 1.57. The molecule has 0 spiro atoms. The number of para-hydroxylation sites is 1. The average Bonchev–Trinajstić information content (AvgIpc) is 2.27. The predicted molar refractivity (Wildman–Crippen MR) is 65.2 cm³/mol. The Hall–Kier alpha value is -1.02. The zero-order chi connectivity index (χ0) is 10.9. The molecule has 0 heterocycles. The average molecular weight is 207 g/mol. The van der Waals surface area contributed by atoms with Crippen LogP contribution >= 0.6 is 0 Å². The Labute approximate surface area is 92.6 Å². The van der Waals surface area contributed by atoms with Crippen LogP contribution in [-0.2, 0) is 11.3 Å².